The first-order valence-electron chi connectivity index (χ1n) is 16.3. The predicted octanol–water partition coefficient (Wildman–Crippen LogP) is 12.2. The molecule has 0 fully saturated rings. The van der Waals surface area contributed by atoms with Crippen LogP contribution in [-0.4, -0.2) is 9.55 Å². The van der Waals surface area contributed by atoms with Crippen LogP contribution in [0.1, 0.15) is 25.0 Å². The smallest absolute Gasteiger partial charge is 0.160 e. The molecule has 0 aliphatic carbocycles. The number of nitrogens with zero attached hydrogens (tertiary/aromatic N) is 2. The molecule has 9 aromatic rings. The van der Waals surface area contributed by atoms with Crippen LogP contribution in [0.5, 0.6) is 0 Å². The maximum Gasteiger partial charge on any atom is 0.160 e. The molecule has 0 saturated heterocycles. The van der Waals surface area contributed by atoms with Crippen molar-refractivity contribution in [2.24, 2.45) is 0 Å². The Hall–Kier alpha value is -5.93. The van der Waals surface area contributed by atoms with Crippen molar-refractivity contribution in [3.8, 4) is 28.1 Å². The Balaban J connectivity index is 1.40. The van der Waals surface area contributed by atoms with Gasteiger partial charge >= 0.3 is 0 Å². The molecule has 0 aliphatic heterocycles. The third-order valence-corrected chi connectivity index (χ3v) is 9.50. The van der Waals surface area contributed by atoms with Crippen LogP contribution in [0.3, 0.4) is 0 Å². The Morgan fingerprint density at radius 1 is 0.660 bits per heavy atom. The number of pyridine rings is 1. The second kappa shape index (κ2) is 10.9. The second-order valence-corrected chi connectivity index (χ2v) is 12.1. The predicted molar refractivity (Wildman–Crippen MR) is 198 cm³/mol. The molecule has 0 spiro atoms. The Kier molecular flexibility index (Phi) is 6.32. The van der Waals surface area contributed by atoms with E-state index >= 15 is 0 Å². The van der Waals surface area contributed by atoms with E-state index in [0.29, 0.717) is 0 Å². The zero-order valence-electron chi connectivity index (χ0n) is 26.4. The summed E-state index contributed by atoms with van der Waals surface area (Å²) in [5.41, 5.74) is 12.2. The van der Waals surface area contributed by atoms with Crippen LogP contribution in [0.4, 0.5) is 0 Å². The van der Waals surface area contributed by atoms with E-state index in [1.807, 2.05) is 0 Å². The van der Waals surface area contributed by atoms with Crippen LogP contribution in [0, 0.1) is 0 Å². The van der Waals surface area contributed by atoms with Gasteiger partial charge in [0.15, 0.2) is 5.58 Å². The first-order chi connectivity index (χ1) is 23.2. The molecular formula is C44H32N2O. The normalized spacial score (nSPS) is 12.0. The lowest BCUT2D eigenvalue weighted by atomic mass is 9.93. The Bertz CT molecular complexity index is 2660. The van der Waals surface area contributed by atoms with Crippen molar-refractivity contribution in [1.29, 1.82) is 0 Å². The van der Waals surface area contributed by atoms with E-state index in [0.717, 1.165) is 61.9 Å². The van der Waals surface area contributed by atoms with Crippen molar-refractivity contribution >= 4 is 60.7 Å². The SMILES string of the molecule is C/C=C\c1c(CC)c2c3ccccc3oc2c2c1c1ccccc1n2-c1cc(-c2ccc(-c3ccccc3)cc2)c2ccccc2n1. The van der Waals surface area contributed by atoms with E-state index in [1.54, 1.807) is 0 Å². The third kappa shape index (κ3) is 4.17. The standard InChI is InChI=1S/C44H32N2O/c1-3-14-33-31(4-2)42-35-19-10-13-22-39(35)47-44(42)43-41(33)34-18-9-12-21-38(34)46(43)40-27-36(32-17-8-11-20-37(32)45-40)30-25-23-29(24-26-30)28-15-6-5-7-16-28/h3,5-27H,4H2,1-2H3/b14-3-. The zero-order chi connectivity index (χ0) is 31.5. The van der Waals surface area contributed by atoms with Crippen molar-refractivity contribution in [2.75, 3.05) is 0 Å². The van der Waals surface area contributed by atoms with Crippen molar-refractivity contribution in [2.45, 2.75) is 20.3 Å². The van der Waals surface area contributed by atoms with Gasteiger partial charge in [0.25, 0.3) is 0 Å². The summed E-state index contributed by atoms with van der Waals surface area (Å²) >= 11 is 0. The summed E-state index contributed by atoms with van der Waals surface area (Å²) in [6.45, 7) is 4.34. The van der Waals surface area contributed by atoms with E-state index < -0.39 is 0 Å². The molecule has 9 rings (SSSR count). The maximum absolute atomic E-state index is 6.82. The number of aryl methyl sites for hydroxylation is 1. The van der Waals surface area contributed by atoms with E-state index in [9.17, 15) is 0 Å². The van der Waals surface area contributed by atoms with Crippen molar-refractivity contribution < 1.29 is 4.42 Å². The van der Waals surface area contributed by atoms with Crippen LogP contribution < -0.4 is 0 Å². The fraction of sp³-hybridized carbons (Fsp3) is 0.0682. The number of hydrogen-bond acceptors (Lipinski definition) is 2. The summed E-state index contributed by atoms with van der Waals surface area (Å²) in [7, 11) is 0. The highest BCUT2D eigenvalue weighted by Gasteiger charge is 2.25. The number of benzene rings is 6. The molecule has 6 aromatic carbocycles. The van der Waals surface area contributed by atoms with E-state index in [1.165, 1.54) is 38.4 Å². The molecule has 3 nitrogen and oxygen atoms in total. The third-order valence-electron chi connectivity index (χ3n) is 9.50. The molecule has 224 valence electrons. The Morgan fingerprint density at radius 2 is 1.32 bits per heavy atom. The molecule has 0 saturated carbocycles. The fourth-order valence-corrected chi connectivity index (χ4v) is 7.47. The van der Waals surface area contributed by atoms with Gasteiger partial charge in [-0.1, -0.05) is 128 Å². The first-order valence-corrected chi connectivity index (χ1v) is 16.3. The molecule has 0 aliphatic rings. The number of rotatable bonds is 5. The zero-order valence-corrected chi connectivity index (χ0v) is 26.4. The number of aromatic nitrogens is 2. The molecular weight excluding hydrogens is 572 g/mol. The first kappa shape index (κ1) is 27.4. The molecule has 0 N–H and O–H groups in total. The van der Waals surface area contributed by atoms with Crippen LogP contribution in [0.2, 0.25) is 0 Å². The second-order valence-electron chi connectivity index (χ2n) is 12.1. The van der Waals surface area contributed by atoms with Crippen LogP contribution >= 0.6 is 0 Å². The minimum absolute atomic E-state index is 0.870. The summed E-state index contributed by atoms with van der Waals surface area (Å²) in [4.78, 5) is 5.35. The monoisotopic (exact) mass is 604 g/mol. The lowest BCUT2D eigenvalue weighted by Gasteiger charge is -2.14. The average molecular weight is 605 g/mol. The van der Waals surface area contributed by atoms with E-state index in [4.69, 9.17) is 9.40 Å². The number of para-hydroxylation sites is 3. The molecule has 0 amide bonds. The lowest BCUT2D eigenvalue weighted by molar-refractivity contribution is 0.670. The van der Waals surface area contributed by atoms with Crippen molar-refractivity contribution in [1.82, 2.24) is 9.55 Å². The highest BCUT2D eigenvalue weighted by atomic mass is 16.3. The van der Waals surface area contributed by atoms with Crippen molar-refractivity contribution in [3.63, 3.8) is 0 Å². The van der Waals surface area contributed by atoms with Gasteiger partial charge in [-0.05, 0) is 71.0 Å². The minimum atomic E-state index is 0.870. The highest BCUT2D eigenvalue weighted by molar-refractivity contribution is 6.25. The molecule has 47 heavy (non-hydrogen) atoms. The van der Waals surface area contributed by atoms with Crippen LogP contribution in [0.15, 0.2) is 144 Å². The molecule has 3 aromatic heterocycles. The fourth-order valence-electron chi connectivity index (χ4n) is 7.47. The molecule has 3 heterocycles. The van der Waals surface area contributed by atoms with Gasteiger partial charge in [-0.15, -0.1) is 0 Å². The molecule has 0 bridgehead atoms. The summed E-state index contributed by atoms with van der Waals surface area (Å²) in [6.07, 6.45) is 5.32. The summed E-state index contributed by atoms with van der Waals surface area (Å²) in [5, 5.41) is 5.85. The number of furan rings is 1. The van der Waals surface area contributed by atoms with Crippen LogP contribution in [0.25, 0.3) is 88.8 Å². The maximum atomic E-state index is 6.82. The number of fused-ring (bicyclic) bond motifs is 8. The van der Waals surface area contributed by atoms with Gasteiger partial charge in [0, 0.05) is 26.9 Å². The topological polar surface area (TPSA) is 31.0 Å². The van der Waals surface area contributed by atoms with Crippen LogP contribution in [-0.2, 0) is 6.42 Å². The summed E-state index contributed by atoms with van der Waals surface area (Å²) in [6, 6.07) is 47.3. The van der Waals surface area contributed by atoms with Crippen molar-refractivity contribution in [3.05, 3.63) is 151 Å². The molecule has 0 unspecified atom stereocenters. The average Bonchev–Trinajstić information content (AvgIpc) is 3.69. The van der Waals surface area contributed by atoms with E-state index in [2.05, 4.69) is 164 Å². The van der Waals surface area contributed by atoms with E-state index in [-0.39, 0.29) is 0 Å². The number of hydrogen-bond donors (Lipinski definition) is 0. The largest absolute Gasteiger partial charge is 0.454 e. The molecule has 0 radical (unpaired) electrons. The van der Waals surface area contributed by atoms with Gasteiger partial charge in [-0.2, -0.15) is 0 Å². The van der Waals surface area contributed by atoms with Gasteiger partial charge in [0.2, 0.25) is 0 Å². The van der Waals surface area contributed by atoms with Gasteiger partial charge in [-0.25, -0.2) is 4.98 Å². The Morgan fingerprint density at radius 3 is 2.11 bits per heavy atom. The van der Waals surface area contributed by atoms with Gasteiger partial charge in [0.05, 0.1) is 16.6 Å². The van der Waals surface area contributed by atoms with Gasteiger partial charge < -0.3 is 4.42 Å². The molecule has 3 heteroatoms. The Labute approximate surface area is 273 Å². The summed E-state index contributed by atoms with van der Waals surface area (Å²) < 4.78 is 9.15. The minimum Gasteiger partial charge on any atom is -0.454 e. The summed E-state index contributed by atoms with van der Waals surface area (Å²) in [5.74, 6) is 0.870. The number of allylic oxidation sites excluding steroid dienone is 1. The quantitative estimate of drug-likeness (QED) is 0.196. The lowest BCUT2D eigenvalue weighted by Crippen LogP contribution is -2.00. The van der Waals surface area contributed by atoms with Gasteiger partial charge in [0.1, 0.15) is 11.4 Å². The highest BCUT2D eigenvalue weighted by Crippen LogP contribution is 2.45. The molecule has 0 atom stereocenters. The van der Waals surface area contributed by atoms with Gasteiger partial charge in [-0.3, -0.25) is 4.57 Å².